The zero-order valence-corrected chi connectivity index (χ0v) is 10.6. The zero-order valence-electron chi connectivity index (χ0n) is 10.6. The Morgan fingerprint density at radius 1 is 1.22 bits per heavy atom. The third-order valence-corrected chi connectivity index (χ3v) is 2.51. The summed E-state index contributed by atoms with van der Waals surface area (Å²) in [6, 6.07) is 11.8. The van der Waals surface area contributed by atoms with Gasteiger partial charge in [0.05, 0.1) is 17.8 Å². The highest BCUT2D eigenvalue weighted by Gasteiger charge is 2.03. The van der Waals surface area contributed by atoms with Crippen molar-refractivity contribution in [1.82, 2.24) is 15.6 Å². The quantitative estimate of drug-likeness (QED) is 0.870. The number of nitrogens with one attached hydrogen (secondary N) is 2. The number of hydrogen-bond acceptors (Lipinski definition) is 2. The molecule has 2 rings (SSSR count). The van der Waals surface area contributed by atoms with Gasteiger partial charge >= 0.3 is 6.03 Å². The molecular formula is C14H17N3O. The van der Waals surface area contributed by atoms with Gasteiger partial charge in [-0.2, -0.15) is 0 Å². The van der Waals surface area contributed by atoms with Crippen molar-refractivity contribution in [3.8, 4) is 0 Å². The van der Waals surface area contributed by atoms with Crippen molar-refractivity contribution in [2.24, 2.45) is 0 Å². The van der Waals surface area contributed by atoms with Gasteiger partial charge in [-0.05, 0) is 26.0 Å². The number of nitrogens with zero attached hydrogens (tertiary/aromatic N) is 1. The van der Waals surface area contributed by atoms with Crippen molar-refractivity contribution < 1.29 is 4.79 Å². The fourth-order valence-corrected chi connectivity index (χ4v) is 1.69. The van der Waals surface area contributed by atoms with Crippen molar-refractivity contribution in [3.63, 3.8) is 0 Å². The summed E-state index contributed by atoms with van der Waals surface area (Å²) in [7, 11) is 0. The Morgan fingerprint density at radius 3 is 2.78 bits per heavy atom. The van der Waals surface area contributed by atoms with E-state index in [0.717, 1.165) is 16.6 Å². The average Bonchev–Trinajstić information content (AvgIpc) is 2.35. The fourth-order valence-electron chi connectivity index (χ4n) is 1.69. The lowest BCUT2D eigenvalue weighted by atomic mass is 10.2. The summed E-state index contributed by atoms with van der Waals surface area (Å²) in [4.78, 5) is 15.9. The van der Waals surface area contributed by atoms with E-state index in [2.05, 4.69) is 15.6 Å². The van der Waals surface area contributed by atoms with Gasteiger partial charge in [-0.25, -0.2) is 4.79 Å². The highest BCUT2D eigenvalue weighted by atomic mass is 16.2. The minimum atomic E-state index is -0.167. The smallest absolute Gasteiger partial charge is 0.315 e. The number of amides is 2. The molecule has 2 amide bonds. The third kappa shape index (κ3) is 3.20. The summed E-state index contributed by atoms with van der Waals surface area (Å²) in [5.74, 6) is 0. The molecule has 0 fully saturated rings. The number of carbonyl (C=O) groups excluding carboxylic acids is 1. The minimum absolute atomic E-state index is 0.134. The number of para-hydroxylation sites is 1. The largest absolute Gasteiger partial charge is 0.336 e. The molecule has 0 radical (unpaired) electrons. The molecule has 1 heterocycles. The predicted octanol–water partition coefficient (Wildman–Crippen LogP) is 2.44. The molecule has 4 nitrogen and oxygen atoms in total. The normalized spacial score (nSPS) is 10.6. The molecule has 2 N–H and O–H groups in total. The Hall–Kier alpha value is -2.10. The monoisotopic (exact) mass is 243 g/mol. The SMILES string of the molecule is CC(C)NC(=O)NCc1ccc2ccccc2n1. The van der Waals surface area contributed by atoms with Crippen molar-refractivity contribution >= 4 is 16.9 Å². The van der Waals surface area contributed by atoms with Crippen LogP contribution >= 0.6 is 0 Å². The Bertz CT molecular complexity index is 551. The number of hydrogen-bond donors (Lipinski definition) is 2. The summed E-state index contributed by atoms with van der Waals surface area (Å²) in [6.45, 7) is 4.28. The van der Waals surface area contributed by atoms with E-state index in [0.29, 0.717) is 6.54 Å². The maximum absolute atomic E-state index is 11.4. The molecule has 0 aliphatic carbocycles. The first-order valence-corrected chi connectivity index (χ1v) is 6.04. The Balaban J connectivity index is 2.01. The van der Waals surface area contributed by atoms with Gasteiger partial charge in [-0.3, -0.25) is 4.98 Å². The van der Waals surface area contributed by atoms with Crippen molar-refractivity contribution in [3.05, 3.63) is 42.1 Å². The molecule has 0 unspecified atom stereocenters. The van der Waals surface area contributed by atoms with Crippen LogP contribution in [0.2, 0.25) is 0 Å². The molecule has 18 heavy (non-hydrogen) atoms. The number of fused-ring (bicyclic) bond motifs is 1. The first-order chi connectivity index (χ1) is 8.65. The summed E-state index contributed by atoms with van der Waals surface area (Å²) in [5, 5.41) is 6.66. The molecule has 0 saturated heterocycles. The summed E-state index contributed by atoms with van der Waals surface area (Å²) < 4.78 is 0. The highest BCUT2D eigenvalue weighted by molar-refractivity contribution is 5.78. The van der Waals surface area contributed by atoms with Crippen LogP contribution in [0.3, 0.4) is 0 Å². The molecule has 0 bridgehead atoms. The molecule has 4 heteroatoms. The van der Waals surface area contributed by atoms with E-state index in [4.69, 9.17) is 0 Å². The molecule has 0 aliphatic heterocycles. The van der Waals surface area contributed by atoms with Crippen LogP contribution in [0.15, 0.2) is 36.4 Å². The summed E-state index contributed by atoms with van der Waals surface area (Å²) in [6.07, 6.45) is 0. The lowest BCUT2D eigenvalue weighted by Crippen LogP contribution is -2.39. The van der Waals surface area contributed by atoms with Gasteiger partial charge in [0.1, 0.15) is 0 Å². The van der Waals surface area contributed by atoms with Crippen molar-refractivity contribution in [2.75, 3.05) is 0 Å². The average molecular weight is 243 g/mol. The first kappa shape index (κ1) is 12.4. The van der Waals surface area contributed by atoms with E-state index in [-0.39, 0.29) is 12.1 Å². The summed E-state index contributed by atoms with van der Waals surface area (Å²) >= 11 is 0. The van der Waals surface area contributed by atoms with Gasteiger partial charge in [0.2, 0.25) is 0 Å². The van der Waals surface area contributed by atoms with Crippen LogP contribution in [-0.4, -0.2) is 17.1 Å². The van der Waals surface area contributed by atoms with Gasteiger partial charge < -0.3 is 10.6 Å². The van der Waals surface area contributed by atoms with Crippen molar-refractivity contribution in [1.29, 1.82) is 0 Å². The first-order valence-electron chi connectivity index (χ1n) is 6.04. The molecule has 0 aliphatic rings. The second kappa shape index (κ2) is 5.49. The number of benzene rings is 1. The molecule has 1 aromatic heterocycles. The van der Waals surface area contributed by atoms with Gasteiger partial charge in [-0.15, -0.1) is 0 Å². The molecule has 94 valence electrons. The van der Waals surface area contributed by atoms with E-state index in [9.17, 15) is 4.79 Å². The minimum Gasteiger partial charge on any atom is -0.336 e. The van der Waals surface area contributed by atoms with Gasteiger partial charge in [0.15, 0.2) is 0 Å². The molecule has 2 aromatic rings. The predicted molar refractivity (Wildman–Crippen MR) is 72.3 cm³/mol. The van der Waals surface area contributed by atoms with Crippen LogP contribution < -0.4 is 10.6 Å². The third-order valence-electron chi connectivity index (χ3n) is 2.51. The Labute approximate surface area is 106 Å². The Kier molecular flexibility index (Phi) is 3.77. The number of rotatable bonds is 3. The van der Waals surface area contributed by atoms with E-state index >= 15 is 0 Å². The van der Waals surface area contributed by atoms with Crippen LogP contribution in [0.25, 0.3) is 10.9 Å². The van der Waals surface area contributed by atoms with E-state index in [1.165, 1.54) is 0 Å². The lowest BCUT2D eigenvalue weighted by molar-refractivity contribution is 0.238. The fraction of sp³-hybridized carbons (Fsp3) is 0.286. The number of pyridine rings is 1. The number of urea groups is 1. The van der Waals surface area contributed by atoms with Crippen LogP contribution in [0.5, 0.6) is 0 Å². The van der Waals surface area contributed by atoms with E-state index in [1.54, 1.807) is 0 Å². The second-order valence-corrected chi connectivity index (χ2v) is 4.48. The lowest BCUT2D eigenvalue weighted by Gasteiger charge is -2.10. The van der Waals surface area contributed by atoms with Gasteiger partial charge in [0, 0.05) is 11.4 Å². The van der Waals surface area contributed by atoms with Crippen LogP contribution in [0, 0.1) is 0 Å². The van der Waals surface area contributed by atoms with Crippen molar-refractivity contribution in [2.45, 2.75) is 26.4 Å². The van der Waals surface area contributed by atoms with Gasteiger partial charge in [-0.1, -0.05) is 24.3 Å². The molecular weight excluding hydrogens is 226 g/mol. The topological polar surface area (TPSA) is 54.0 Å². The molecule has 0 spiro atoms. The van der Waals surface area contributed by atoms with Crippen LogP contribution in [0.1, 0.15) is 19.5 Å². The maximum atomic E-state index is 11.4. The molecule has 0 saturated carbocycles. The molecule has 1 aromatic carbocycles. The number of aromatic nitrogens is 1. The van der Waals surface area contributed by atoms with E-state index in [1.807, 2.05) is 50.2 Å². The zero-order chi connectivity index (χ0) is 13.0. The Morgan fingerprint density at radius 2 is 2.00 bits per heavy atom. The van der Waals surface area contributed by atoms with Crippen LogP contribution in [0.4, 0.5) is 4.79 Å². The second-order valence-electron chi connectivity index (χ2n) is 4.48. The standard InChI is InChI=1S/C14H17N3O/c1-10(2)16-14(18)15-9-12-8-7-11-5-3-4-6-13(11)17-12/h3-8,10H,9H2,1-2H3,(H2,15,16,18). The molecule has 0 atom stereocenters. The highest BCUT2D eigenvalue weighted by Crippen LogP contribution is 2.11. The number of carbonyl (C=O) groups is 1. The van der Waals surface area contributed by atoms with Crippen LogP contribution in [-0.2, 0) is 6.54 Å². The maximum Gasteiger partial charge on any atom is 0.315 e. The summed E-state index contributed by atoms with van der Waals surface area (Å²) in [5.41, 5.74) is 1.80. The van der Waals surface area contributed by atoms with E-state index < -0.39 is 0 Å². The van der Waals surface area contributed by atoms with Gasteiger partial charge in [0.25, 0.3) is 0 Å².